The third-order valence-corrected chi connectivity index (χ3v) is 24.8. The Bertz CT molecular complexity index is 5970. The highest BCUT2D eigenvalue weighted by molar-refractivity contribution is 6.00. The molecule has 3 aliphatic rings. The van der Waals surface area contributed by atoms with Crippen molar-refractivity contribution in [3.8, 4) is 51.7 Å². The second kappa shape index (κ2) is 43.0. The molecule has 0 saturated heterocycles. The number of fused-ring (bicyclic) bond motifs is 9. The molecular formula is C111H110O24. The molecule has 24 heteroatoms. The van der Waals surface area contributed by atoms with Gasteiger partial charge in [-0.3, -0.25) is 28.8 Å². The molecule has 3 atom stereocenters. The van der Waals surface area contributed by atoms with Gasteiger partial charge in [-0.15, -0.1) is 0 Å². The second-order valence-electron chi connectivity index (χ2n) is 33.5. The zero-order valence-corrected chi connectivity index (χ0v) is 77.8. The first-order valence-electron chi connectivity index (χ1n) is 44.9. The summed E-state index contributed by atoms with van der Waals surface area (Å²) in [5, 5.41) is 5.34. The van der Waals surface area contributed by atoms with Gasteiger partial charge in [0.15, 0.2) is 16.8 Å². The lowest BCUT2D eigenvalue weighted by atomic mass is 9.82. The Kier molecular flexibility index (Phi) is 30.3. The first-order chi connectivity index (χ1) is 65.5. The van der Waals surface area contributed by atoms with Crippen molar-refractivity contribution in [2.45, 2.75) is 141 Å². The minimum Gasteiger partial charge on any atom is -0.497 e. The van der Waals surface area contributed by atoms with Crippen LogP contribution in [0.3, 0.4) is 0 Å². The molecule has 3 unspecified atom stereocenters. The van der Waals surface area contributed by atoms with Crippen LogP contribution in [0.5, 0.6) is 51.7 Å². The maximum atomic E-state index is 13.7. The molecule has 3 heterocycles. The van der Waals surface area contributed by atoms with Crippen LogP contribution in [0.1, 0.15) is 143 Å². The van der Waals surface area contributed by atoms with E-state index >= 15 is 0 Å². The molecule has 12 aromatic carbocycles. The standard InChI is InChI=1S/C111H110O24/c1-69(130-103(115)52-49-100(112)127-66-97-72(4)88-19-13-16-22-91(88)106-94(97)55-58-109(133-106,75-25-37-81(118-7)38-26-75)76-27-39-82(119-8)40-28-76)61-124-64-87(126-63-71(3)132-105(117)54-51-102(114)129-68-99-74(6)90-21-15-18-24-93(90)108-96(99)57-60-111(135-108,79-33-45-85(122-11)46-34-79)80-35-47-86(123-12)48-36-80)65-125-62-70(2)131-104(116)53-50-101(113)128-67-98-73(5)89-20-14-17-23-92(89)107-95(98)56-59-110(134-107,77-29-41-83(120-9)42-30-77)78-31-43-84(121-10)44-32-78/h13-48,55-60,69-71,87H,49-54,61-68H2,1-12H3. The maximum absolute atomic E-state index is 13.7. The lowest BCUT2D eigenvalue weighted by Crippen LogP contribution is -2.34. The van der Waals surface area contributed by atoms with Crippen LogP contribution in [0.15, 0.2) is 237 Å². The fourth-order valence-electron chi connectivity index (χ4n) is 17.4. The van der Waals surface area contributed by atoms with Crippen molar-refractivity contribution in [3.63, 3.8) is 0 Å². The van der Waals surface area contributed by atoms with Gasteiger partial charge < -0.3 is 85.3 Å². The van der Waals surface area contributed by atoms with E-state index < -0.39 is 77.0 Å². The van der Waals surface area contributed by atoms with Crippen molar-refractivity contribution in [2.24, 2.45) is 0 Å². The summed E-state index contributed by atoms with van der Waals surface area (Å²) in [6, 6.07) is 70.1. The fourth-order valence-corrected chi connectivity index (χ4v) is 17.4. The predicted molar refractivity (Wildman–Crippen MR) is 510 cm³/mol. The average molecular weight is 1830 g/mol. The van der Waals surface area contributed by atoms with Gasteiger partial charge in [0.25, 0.3) is 0 Å². The van der Waals surface area contributed by atoms with Crippen molar-refractivity contribution in [3.05, 3.63) is 320 Å². The summed E-state index contributed by atoms with van der Waals surface area (Å²) in [7, 11) is 9.70. The van der Waals surface area contributed by atoms with E-state index in [0.717, 1.165) is 116 Å². The number of hydrogen-bond acceptors (Lipinski definition) is 24. The van der Waals surface area contributed by atoms with Gasteiger partial charge in [-0.05, 0) is 165 Å². The molecule has 0 N–H and O–H groups in total. The monoisotopic (exact) mass is 1830 g/mol. The SMILES string of the molecule is COc1ccc(C2(c3ccc(OC)cc3)C=Cc3c(COC(=O)CCC(=O)OC(C)COCC(COCC(C)OC(=O)CCC(=O)OCc4c5c(c6ccccc6c4C)OC(c4ccc(OC)cc4)(c4ccc(OC)cc4)C=C5)OCC(C)OC(=O)CCC(=O)OCc4c5c(c6ccccc6c4C)OC(c4ccc(OC)cc4)(c4ccc(OC)cc4)C=C5)c(C)c4ccccc4c3O2)cc1. The first kappa shape index (κ1) is 95.2. The summed E-state index contributed by atoms with van der Waals surface area (Å²) >= 11 is 0. The van der Waals surface area contributed by atoms with Gasteiger partial charge in [0, 0.05) is 82.9 Å². The van der Waals surface area contributed by atoms with Crippen molar-refractivity contribution in [1.29, 1.82) is 0 Å². The van der Waals surface area contributed by atoms with Crippen LogP contribution in [0.2, 0.25) is 0 Å². The number of rotatable bonds is 41. The summed E-state index contributed by atoms with van der Waals surface area (Å²) in [5.74, 6) is 2.06. The first-order valence-corrected chi connectivity index (χ1v) is 44.9. The average Bonchev–Trinajstić information content (AvgIpc) is 0.734. The molecule has 24 nitrogen and oxygen atoms in total. The van der Waals surface area contributed by atoms with Gasteiger partial charge >= 0.3 is 35.8 Å². The van der Waals surface area contributed by atoms with Gasteiger partial charge in [0.1, 0.15) is 96.0 Å². The zero-order chi connectivity index (χ0) is 94.9. The van der Waals surface area contributed by atoms with E-state index in [1.54, 1.807) is 63.4 Å². The summed E-state index contributed by atoms with van der Waals surface area (Å²) < 4.78 is 109. The predicted octanol–water partition coefficient (Wildman–Crippen LogP) is 20.3. The summed E-state index contributed by atoms with van der Waals surface area (Å²) in [5.41, 5.74) is 8.99. The van der Waals surface area contributed by atoms with Crippen LogP contribution in [0.25, 0.3) is 50.5 Å². The molecule has 0 radical (unpaired) electrons. The number of carbonyl (C=O) groups excluding carboxylic acids is 6. The van der Waals surface area contributed by atoms with Crippen molar-refractivity contribution >= 4 is 86.4 Å². The Labute approximate surface area is 784 Å². The van der Waals surface area contributed by atoms with E-state index in [1.165, 1.54) is 0 Å². The minimum atomic E-state index is -1.08. The maximum Gasteiger partial charge on any atom is 0.306 e. The topological polar surface area (TPSA) is 269 Å². The minimum absolute atomic E-state index is 0.108. The zero-order valence-electron chi connectivity index (χ0n) is 77.8. The van der Waals surface area contributed by atoms with E-state index in [1.807, 2.05) is 276 Å². The highest BCUT2D eigenvalue weighted by Gasteiger charge is 2.43. The molecule has 0 saturated carbocycles. The molecule has 15 rings (SSSR count). The Morgan fingerprint density at radius 2 is 0.504 bits per heavy atom. The number of methoxy groups -OCH3 is 6. The Morgan fingerprint density at radius 1 is 0.281 bits per heavy atom. The van der Waals surface area contributed by atoms with E-state index in [-0.39, 0.29) is 91.4 Å². The number of esters is 6. The van der Waals surface area contributed by atoms with Crippen LogP contribution in [0.4, 0.5) is 0 Å². The van der Waals surface area contributed by atoms with E-state index in [2.05, 4.69) is 0 Å². The smallest absolute Gasteiger partial charge is 0.306 e. The quantitative estimate of drug-likeness (QED) is 0.0254. The number of ether oxygens (including phenoxy) is 18. The molecule has 3 aliphatic heterocycles. The molecule has 0 aromatic heterocycles. The third kappa shape index (κ3) is 21.3. The molecule has 0 bridgehead atoms. The van der Waals surface area contributed by atoms with E-state index in [0.29, 0.717) is 51.7 Å². The number of benzene rings is 12. The van der Waals surface area contributed by atoms with Crippen molar-refractivity contribution in [1.82, 2.24) is 0 Å². The summed E-state index contributed by atoms with van der Waals surface area (Å²) in [6.45, 7) is 9.90. The largest absolute Gasteiger partial charge is 0.497 e. The third-order valence-electron chi connectivity index (χ3n) is 24.8. The summed E-state index contributed by atoms with van der Waals surface area (Å²) in [6.07, 6.45) is 7.01. The van der Waals surface area contributed by atoms with Crippen molar-refractivity contribution < 1.29 is 114 Å². The fraction of sp³-hybridized carbons (Fsp3) is 0.297. The number of hydrogen-bond donors (Lipinski definition) is 0. The number of carbonyl (C=O) groups is 6. The van der Waals surface area contributed by atoms with Gasteiger partial charge in [0.05, 0.1) is 114 Å². The van der Waals surface area contributed by atoms with Gasteiger partial charge in [-0.1, -0.05) is 164 Å². The molecule has 698 valence electrons. The Morgan fingerprint density at radius 3 is 0.741 bits per heavy atom. The molecule has 0 aliphatic carbocycles. The lowest BCUT2D eigenvalue weighted by Gasteiger charge is -2.37. The molecule has 0 fully saturated rings. The Hall–Kier alpha value is -14.5. The highest BCUT2D eigenvalue weighted by Crippen LogP contribution is 2.53. The van der Waals surface area contributed by atoms with Crippen LogP contribution in [0, 0.1) is 20.8 Å². The lowest BCUT2D eigenvalue weighted by molar-refractivity contribution is -0.161. The van der Waals surface area contributed by atoms with Gasteiger partial charge in [-0.25, -0.2) is 0 Å². The van der Waals surface area contributed by atoms with Crippen molar-refractivity contribution in [2.75, 3.05) is 75.7 Å². The Balaban J connectivity index is 0.561. The molecule has 135 heavy (non-hydrogen) atoms. The highest BCUT2D eigenvalue weighted by atomic mass is 16.6. The van der Waals surface area contributed by atoms with E-state index in [9.17, 15) is 28.8 Å². The normalized spacial score (nSPS) is 14.3. The van der Waals surface area contributed by atoms with Crippen LogP contribution < -0.4 is 42.6 Å². The molecule has 12 aromatic rings. The molecule has 0 spiro atoms. The second-order valence-corrected chi connectivity index (χ2v) is 33.5. The summed E-state index contributed by atoms with van der Waals surface area (Å²) in [4.78, 5) is 81.5. The van der Waals surface area contributed by atoms with Gasteiger partial charge in [-0.2, -0.15) is 0 Å². The number of aryl methyl sites for hydroxylation is 3. The molecular weight excluding hydrogens is 1720 g/mol. The van der Waals surface area contributed by atoms with Gasteiger partial charge in [0.2, 0.25) is 0 Å². The van der Waals surface area contributed by atoms with E-state index in [4.69, 9.17) is 85.3 Å². The van der Waals surface area contributed by atoms with Crippen LogP contribution in [-0.4, -0.2) is 136 Å². The molecule has 0 amide bonds. The van der Waals surface area contributed by atoms with Crippen LogP contribution >= 0.6 is 0 Å². The van der Waals surface area contributed by atoms with Crippen LogP contribution in [-0.2, 0) is 108 Å².